The molecule has 0 aliphatic carbocycles. The number of aliphatic hydroxyl groups excluding tert-OH is 2. The van der Waals surface area contributed by atoms with Crippen molar-refractivity contribution in [3.8, 4) is 0 Å². The van der Waals surface area contributed by atoms with E-state index in [-0.39, 0.29) is 0 Å². The second kappa shape index (κ2) is 12.6. The fourth-order valence-electron chi connectivity index (χ4n) is 0.362. The Morgan fingerprint density at radius 1 is 1.09 bits per heavy atom. The van der Waals surface area contributed by atoms with Gasteiger partial charge in [-0.3, -0.25) is 0 Å². The Kier molecular flexibility index (Phi) is 15.4. The summed E-state index contributed by atoms with van der Waals surface area (Å²) in [7, 11) is 0. The standard InChI is InChI=1S/C5H12O.C4H10O/c1-2-3-4-5-6;1-4(2)3-5/h6H,2-5H2,1H3;4-5H,3H2,1-2H3. The van der Waals surface area contributed by atoms with E-state index in [9.17, 15) is 0 Å². The Balaban J connectivity index is 0. The normalized spacial score (nSPS) is 9.27. The van der Waals surface area contributed by atoms with Gasteiger partial charge in [-0.25, -0.2) is 0 Å². The molecule has 0 spiro atoms. The highest BCUT2D eigenvalue weighted by Crippen LogP contribution is 1.89. The van der Waals surface area contributed by atoms with Gasteiger partial charge in [0.1, 0.15) is 0 Å². The molecule has 0 saturated heterocycles. The van der Waals surface area contributed by atoms with Crippen LogP contribution in [-0.4, -0.2) is 23.4 Å². The van der Waals surface area contributed by atoms with Crippen molar-refractivity contribution in [3.05, 3.63) is 0 Å². The Hall–Kier alpha value is -0.0800. The molecular formula is C9H22O2. The molecule has 0 radical (unpaired) electrons. The van der Waals surface area contributed by atoms with Gasteiger partial charge in [0.25, 0.3) is 0 Å². The zero-order chi connectivity index (χ0) is 9.11. The topological polar surface area (TPSA) is 40.5 Å². The highest BCUT2D eigenvalue weighted by atomic mass is 16.3. The number of unbranched alkanes of at least 4 members (excludes halogenated alkanes) is 2. The Morgan fingerprint density at radius 2 is 1.55 bits per heavy atom. The van der Waals surface area contributed by atoms with Crippen LogP contribution in [0.25, 0.3) is 0 Å². The first-order valence-electron chi connectivity index (χ1n) is 4.40. The molecule has 0 heterocycles. The van der Waals surface area contributed by atoms with Crippen molar-refractivity contribution >= 4 is 0 Å². The van der Waals surface area contributed by atoms with Gasteiger partial charge in [-0.15, -0.1) is 0 Å². The van der Waals surface area contributed by atoms with Crippen LogP contribution in [0.2, 0.25) is 0 Å². The lowest BCUT2D eigenvalue weighted by molar-refractivity contribution is 0.248. The van der Waals surface area contributed by atoms with Gasteiger partial charge in [0.2, 0.25) is 0 Å². The summed E-state index contributed by atoms with van der Waals surface area (Å²) in [5, 5.41) is 16.3. The molecule has 2 N–H and O–H groups in total. The molecule has 0 amide bonds. The van der Waals surface area contributed by atoms with Crippen molar-refractivity contribution in [2.75, 3.05) is 13.2 Å². The monoisotopic (exact) mass is 162 g/mol. The van der Waals surface area contributed by atoms with E-state index in [0.29, 0.717) is 19.1 Å². The predicted molar refractivity (Wildman–Crippen MR) is 48.5 cm³/mol. The van der Waals surface area contributed by atoms with Gasteiger partial charge in [-0.2, -0.15) is 0 Å². The molecule has 2 nitrogen and oxygen atoms in total. The van der Waals surface area contributed by atoms with Crippen molar-refractivity contribution in [1.29, 1.82) is 0 Å². The molecule has 0 aromatic carbocycles. The first-order valence-corrected chi connectivity index (χ1v) is 4.40. The van der Waals surface area contributed by atoms with Crippen LogP contribution in [0.1, 0.15) is 40.0 Å². The highest BCUT2D eigenvalue weighted by Gasteiger charge is 1.81. The summed E-state index contributed by atoms with van der Waals surface area (Å²) >= 11 is 0. The summed E-state index contributed by atoms with van der Waals surface area (Å²) in [5.74, 6) is 0.440. The van der Waals surface area contributed by atoms with E-state index in [2.05, 4.69) is 6.92 Å². The molecule has 0 aliphatic heterocycles. The van der Waals surface area contributed by atoms with Crippen LogP contribution < -0.4 is 0 Å². The second-order valence-electron chi connectivity index (χ2n) is 3.01. The lowest BCUT2D eigenvalue weighted by Crippen LogP contribution is -1.90. The zero-order valence-corrected chi connectivity index (χ0v) is 8.01. The fraction of sp³-hybridized carbons (Fsp3) is 1.00. The van der Waals surface area contributed by atoms with Crippen molar-refractivity contribution in [2.24, 2.45) is 5.92 Å². The summed E-state index contributed by atoms with van der Waals surface area (Å²) in [6.45, 7) is 6.73. The maximum Gasteiger partial charge on any atom is 0.0453 e. The molecule has 11 heavy (non-hydrogen) atoms. The molecule has 0 unspecified atom stereocenters. The zero-order valence-electron chi connectivity index (χ0n) is 8.01. The Labute approximate surface area is 70.3 Å². The average molecular weight is 162 g/mol. The smallest absolute Gasteiger partial charge is 0.0453 e. The largest absolute Gasteiger partial charge is 0.396 e. The minimum Gasteiger partial charge on any atom is -0.396 e. The van der Waals surface area contributed by atoms with Crippen molar-refractivity contribution < 1.29 is 10.2 Å². The average Bonchev–Trinajstić information content (AvgIpc) is 2.02. The van der Waals surface area contributed by atoms with E-state index in [1.165, 1.54) is 6.42 Å². The van der Waals surface area contributed by atoms with Gasteiger partial charge >= 0.3 is 0 Å². The van der Waals surface area contributed by atoms with Gasteiger partial charge in [-0.1, -0.05) is 33.6 Å². The van der Waals surface area contributed by atoms with Crippen LogP contribution >= 0.6 is 0 Å². The number of rotatable bonds is 4. The SMILES string of the molecule is CC(C)CO.CCCCCO. The van der Waals surface area contributed by atoms with Crippen molar-refractivity contribution in [1.82, 2.24) is 0 Å². The molecule has 0 bridgehead atoms. The first kappa shape index (κ1) is 13.5. The Morgan fingerprint density at radius 3 is 1.64 bits per heavy atom. The number of hydrogen-bond acceptors (Lipinski definition) is 2. The van der Waals surface area contributed by atoms with Gasteiger partial charge in [-0.05, 0) is 12.3 Å². The van der Waals surface area contributed by atoms with E-state index in [4.69, 9.17) is 10.2 Å². The lowest BCUT2D eigenvalue weighted by atomic mass is 10.2. The van der Waals surface area contributed by atoms with E-state index in [1.807, 2.05) is 13.8 Å². The summed E-state index contributed by atoms with van der Waals surface area (Å²) in [6, 6.07) is 0. The number of hydrogen-bond donors (Lipinski definition) is 2. The lowest BCUT2D eigenvalue weighted by Gasteiger charge is -1.90. The van der Waals surface area contributed by atoms with Crippen molar-refractivity contribution in [3.63, 3.8) is 0 Å². The van der Waals surface area contributed by atoms with Gasteiger partial charge < -0.3 is 10.2 Å². The molecule has 0 aliphatic rings. The molecular weight excluding hydrogens is 140 g/mol. The summed E-state index contributed by atoms with van der Waals surface area (Å²) in [4.78, 5) is 0. The van der Waals surface area contributed by atoms with Gasteiger partial charge in [0.05, 0.1) is 0 Å². The van der Waals surface area contributed by atoms with Crippen LogP contribution in [0.15, 0.2) is 0 Å². The van der Waals surface area contributed by atoms with Gasteiger partial charge in [0.15, 0.2) is 0 Å². The van der Waals surface area contributed by atoms with E-state index in [1.54, 1.807) is 0 Å². The maximum atomic E-state index is 8.20. The second-order valence-corrected chi connectivity index (χ2v) is 3.01. The van der Waals surface area contributed by atoms with Crippen molar-refractivity contribution in [2.45, 2.75) is 40.0 Å². The third-order valence-corrected chi connectivity index (χ3v) is 1.13. The molecule has 0 atom stereocenters. The maximum absolute atomic E-state index is 8.20. The Bertz CT molecular complexity index is 49.5. The third-order valence-electron chi connectivity index (χ3n) is 1.13. The van der Waals surface area contributed by atoms with Crippen LogP contribution in [0.5, 0.6) is 0 Å². The minimum absolute atomic E-state index is 0.306. The molecule has 2 heteroatoms. The molecule has 0 aromatic heterocycles. The quantitative estimate of drug-likeness (QED) is 0.619. The molecule has 0 aromatic rings. The third kappa shape index (κ3) is 25.7. The molecule has 0 fully saturated rings. The van der Waals surface area contributed by atoms with Gasteiger partial charge in [0, 0.05) is 13.2 Å². The van der Waals surface area contributed by atoms with E-state index >= 15 is 0 Å². The fourth-order valence-corrected chi connectivity index (χ4v) is 0.362. The highest BCUT2D eigenvalue weighted by molar-refractivity contribution is 4.32. The van der Waals surface area contributed by atoms with Crippen LogP contribution in [-0.2, 0) is 0 Å². The predicted octanol–water partition coefficient (Wildman–Crippen LogP) is 1.80. The van der Waals surface area contributed by atoms with E-state index < -0.39 is 0 Å². The summed E-state index contributed by atoms with van der Waals surface area (Å²) < 4.78 is 0. The summed E-state index contributed by atoms with van der Waals surface area (Å²) in [6.07, 6.45) is 3.33. The molecule has 0 rings (SSSR count). The van der Waals surface area contributed by atoms with Crippen LogP contribution in [0.4, 0.5) is 0 Å². The molecule has 70 valence electrons. The van der Waals surface area contributed by atoms with Crippen LogP contribution in [0.3, 0.4) is 0 Å². The van der Waals surface area contributed by atoms with Crippen LogP contribution in [0, 0.1) is 5.92 Å². The first-order chi connectivity index (χ1) is 5.18. The minimum atomic E-state index is 0.306. The molecule has 0 saturated carbocycles. The van der Waals surface area contributed by atoms with E-state index in [0.717, 1.165) is 12.8 Å². The summed E-state index contributed by atoms with van der Waals surface area (Å²) in [5.41, 5.74) is 0. The number of aliphatic hydroxyl groups is 2.